The Bertz CT molecular complexity index is 1330. The number of hydrogen-bond acceptors (Lipinski definition) is 8. The van der Waals surface area contributed by atoms with E-state index in [9.17, 15) is 24.0 Å². The van der Waals surface area contributed by atoms with Crippen LogP contribution < -0.4 is 26.2 Å². The van der Waals surface area contributed by atoms with Crippen molar-refractivity contribution in [3.05, 3.63) is 59.4 Å². The highest BCUT2D eigenvalue weighted by Crippen LogP contribution is 2.28. The number of carbonyl (C=O) groups excluding carboxylic acids is 5. The molecular formula is C29H35FN6O6. The summed E-state index contributed by atoms with van der Waals surface area (Å²) in [5.41, 5.74) is 7.32. The Balaban J connectivity index is 1.23. The monoisotopic (exact) mass is 582 g/mol. The zero-order valence-electron chi connectivity index (χ0n) is 23.4. The smallest absolute Gasteiger partial charge is 0.414 e. The molecule has 13 heteroatoms. The van der Waals surface area contributed by atoms with E-state index in [2.05, 4.69) is 10.6 Å². The number of carbonyl (C=O) groups is 5. The topological polar surface area (TPSA) is 154 Å². The molecule has 2 aliphatic rings. The molecule has 0 aromatic heterocycles. The summed E-state index contributed by atoms with van der Waals surface area (Å²) >= 11 is 0. The van der Waals surface area contributed by atoms with Gasteiger partial charge < -0.3 is 30.9 Å². The van der Waals surface area contributed by atoms with Gasteiger partial charge in [0.15, 0.2) is 5.78 Å². The van der Waals surface area contributed by atoms with Crippen LogP contribution in [-0.2, 0) is 25.7 Å². The number of nitrogens with two attached hydrogens (primary N) is 1. The van der Waals surface area contributed by atoms with E-state index in [1.54, 1.807) is 41.3 Å². The van der Waals surface area contributed by atoms with Gasteiger partial charge in [0.1, 0.15) is 11.9 Å². The number of nitrogens with zero attached hydrogens (tertiary/aromatic N) is 3. The lowest BCUT2D eigenvalue weighted by molar-refractivity contribution is -0.131. The van der Waals surface area contributed by atoms with Crippen LogP contribution in [0.1, 0.15) is 35.7 Å². The van der Waals surface area contributed by atoms with Gasteiger partial charge in [-0.2, -0.15) is 0 Å². The summed E-state index contributed by atoms with van der Waals surface area (Å²) in [6.07, 6.45) is -0.977. The fourth-order valence-electron chi connectivity index (χ4n) is 4.82. The second kappa shape index (κ2) is 13.9. The number of Topliss-reactive ketones (excluding diaryl/α,β-unsaturated/α-hetero) is 1. The zero-order chi connectivity index (χ0) is 30.2. The summed E-state index contributed by atoms with van der Waals surface area (Å²) in [5, 5.41) is 5.27. The van der Waals surface area contributed by atoms with Gasteiger partial charge in [-0.1, -0.05) is 24.3 Å². The number of benzene rings is 2. The zero-order valence-corrected chi connectivity index (χ0v) is 23.4. The average Bonchev–Trinajstić information content (AvgIpc) is 3.37. The van der Waals surface area contributed by atoms with E-state index < -0.39 is 18.0 Å². The number of hydrogen-bond donors (Lipinski definition) is 3. The maximum absolute atomic E-state index is 15.1. The van der Waals surface area contributed by atoms with Crippen molar-refractivity contribution in [1.29, 1.82) is 0 Å². The van der Waals surface area contributed by atoms with E-state index in [0.717, 1.165) is 5.56 Å². The summed E-state index contributed by atoms with van der Waals surface area (Å²) in [7, 11) is 0. The molecule has 4 N–H and O–H groups in total. The van der Waals surface area contributed by atoms with Crippen LogP contribution >= 0.6 is 0 Å². The second-order valence-corrected chi connectivity index (χ2v) is 10.2. The maximum Gasteiger partial charge on any atom is 0.414 e. The first-order valence-electron chi connectivity index (χ1n) is 13.8. The van der Waals surface area contributed by atoms with Crippen LogP contribution in [0.5, 0.6) is 0 Å². The van der Waals surface area contributed by atoms with E-state index in [4.69, 9.17) is 10.5 Å². The van der Waals surface area contributed by atoms with Gasteiger partial charge in [-0.05, 0) is 23.8 Å². The molecule has 0 saturated carbocycles. The Morgan fingerprint density at radius 2 is 1.71 bits per heavy atom. The third-order valence-electron chi connectivity index (χ3n) is 7.19. The van der Waals surface area contributed by atoms with E-state index in [1.807, 2.05) is 4.90 Å². The molecule has 2 aromatic carbocycles. The molecule has 2 heterocycles. The largest absolute Gasteiger partial charge is 0.442 e. The second-order valence-electron chi connectivity index (χ2n) is 10.2. The molecule has 4 amide bonds. The van der Waals surface area contributed by atoms with Gasteiger partial charge in [0.2, 0.25) is 17.7 Å². The molecule has 224 valence electrons. The quantitative estimate of drug-likeness (QED) is 0.334. The van der Waals surface area contributed by atoms with Crippen molar-refractivity contribution in [1.82, 2.24) is 15.5 Å². The maximum atomic E-state index is 15.1. The summed E-state index contributed by atoms with van der Waals surface area (Å²) in [5.74, 6) is -1.28. The van der Waals surface area contributed by atoms with E-state index >= 15 is 4.39 Å². The van der Waals surface area contributed by atoms with Crippen molar-refractivity contribution in [2.24, 2.45) is 5.73 Å². The van der Waals surface area contributed by atoms with Crippen molar-refractivity contribution in [2.45, 2.75) is 32.4 Å². The Labute approximate surface area is 242 Å². The lowest BCUT2D eigenvalue weighted by atomic mass is 10.0. The first-order valence-corrected chi connectivity index (χ1v) is 13.8. The molecule has 0 spiro atoms. The molecular weight excluding hydrogens is 547 g/mol. The molecule has 0 bridgehead atoms. The summed E-state index contributed by atoms with van der Waals surface area (Å²) in [4.78, 5) is 64.9. The minimum absolute atomic E-state index is 0.0724. The molecule has 2 aromatic rings. The lowest BCUT2D eigenvalue weighted by Gasteiger charge is -2.36. The van der Waals surface area contributed by atoms with E-state index in [0.29, 0.717) is 49.7 Å². The average molecular weight is 583 g/mol. The van der Waals surface area contributed by atoms with Gasteiger partial charge in [-0.25, -0.2) is 9.18 Å². The molecule has 0 unspecified atom stereocenters. The predicted molar refractivity (Wildman–Crippen MR) is 152 cm³/mol. The highest BCUT2D eigenvalue weighted by Gasteiger charge is 2.33. The minimum atomic E-state index is -0.603. The fraction of sp³-hybridized carbons (Fsp3) is 0.414. The number of piperazine rings is 1. The van der Waals surface area contributed by atoms with E-state index in [1.165, 1.54) is 17.9 Å². The summed E-state index contributed by atoms with van der Waals surface area (Å²) in [6.45, 7) is 3.59. The fourth-order valence-corrected chi connectivity index (χ4v) is 4.82. The van der Waals surface area contributed by atoms with Gasteiger partial charge in [0, 0.05) is 58.1 Å². The molecule has 4 rings (SSSR count). The van der Waals surface area contributed by atoms with Crippen molar-refractivity contribution in [3.63, 3.8) is 0 Å². The number of halogens is 1. The van der Waals surface area contributed by atoms with Crippen molar-refractivity contribution < 1.29 is 33.1 Å². The molecule has 2 fully saturated rings. The van der Waals surface area contributed by atoms with Crippen LogP contribution in [0, 0.1) is 5.82 Å². The van der Waals surface area contributed by atoms with Gasteiger partial charge in [0.05, 0.1) is 31.0 Å². The Kier molecular flexibility index (Phi) is 10.1. The third-order valence-corrected chi connectivity index (χ3v) is 7.19. The Morgan fingerprint density at radius 3 is 2.36 bits per heavy atom. The van der Waals surface area contributed by atoms with Gasteiger partial charge >= 0.3 is 6.09 Å². The van der Waals surface area contributed by atoms with E-state index in [-0.39, 0.29) is 56.0 Å². The SMILES string of the molecule is CC(=O)NC[C@H]1CN(c2ccc(N3CCN(C(=O)CCC(=O)c4ccc(CNC(=O)CN)cc4)CC3)c(F)c2)C(=O)O1. The van der Waals surface area contributed by atoms with Crippen LogP contribution in [0.2, 0.25) is 0 Å². The first-order chi connectivity index (χ1) is 20.1. The summed E-state index contributed by atoms with van der Waals surface area (Å²) in [6, 6.07) is 11.4. The number of anilines is 2. The predicted octanol–water partition coefficient (Wildman–Crippen LogP) is 1.17. The molecule has 12 nitrogen and oxygen atoms in total. The first kappa shape index (κ1) is 30.4. The standard InChI is InChI=1S/C29H35FN6O6/c1-19(37)32-17-23-18-36(29(41)42-23)22-6-7-25(24(30)14-22)34-10-12-35(13-11-34)28(40)9-8-26(38)21-4-2-20(3-5-21)16-33-27(39)15-31/h2-7,14,23H,8-13,15-18,31H2,1H3,(H,32,37)(H,33,39)/t23-/m0/s1. The normalized spacial score (nSPS) is 16.7. The minimum Gasteiger partial charge on any atom is -0.442 e. The highest BCUT2D eigenvalue weighted by molar-refractivity contribution is 5.98. The number of amides is 4. The van der Waals surface area contributed by atoms with Crippen LogP contribution in [0.4, 0.5) is 20.6 Å². The lowest BCUT2D eigenvalue weighted by Crippen LogP contribution is -2.49. The summed E-state index contributed by atoms with van der Waals surface area (Å²) < 4.78 is 20.3. The molecule has 1 atom stereocenters. The molecule has 2 saturated heterocycles. The van der Waals surface area contributed by atoms with Gasteiger partial charge in [-0.3, -0.25) is 24.1 Å². The van der Waals surface area contributed by atoms with Gasteiger partial charge in [0.25, 0.3) is 0 Å². The highest BCUT2D eigenvalue weighted by atomic mass is 19.1. The van der Waals surface area contributed by atoms with Gasteiger partial charge in [-0.15, -0.1) is 0 Å². The molecule has 2 aliphatic heterocycles. The van der Waals surface area contributed by atoms with Crippen molar-refractivity contribution in [3.8, 4) is 0 Å². The van der Waals surface area contributed by atoms with Crippen molar-refractivity contribution >= 4 is 41.0 Å². The van der Waals surface area contributed by atoms with Crippen LogP contribution in [0.25, 0.3) is 0 Å². The number of ketones is 1. The molecule has 0 aliphatic carbocycles. The Hall–Kier alpha value is -4.52. The van der Waals surface area contributed by atoms with Crippen LogP contribution in [-0.4, -0.2) is 86.4 Å². The third kappa shape index (κ3) is 7.81. The Morgan fingerprint density at radius 1 is 1.00 bits per heavy atom. The number of cyclic esters (lactones) is 1. The number of ether oxygens (including phenoxy) is 1. The number of nitrogens with one attached hydrogen (secondary N) is 2. The van der Waals surface area contributed by atoms with Crippen molar-refractivity contribution in [2.75, 3.05) is 55.6 Å². The van der Waals surface area contributed by atoms with Crippen LogP contribution in [0.15, 0.2) is 42.5 Å². The number of rotatable bonds is 11. The molecule has 42 heavy (non-hydrogen) atoms. The molecule has 0 radical (unpaired) electrons. The van der Waals surface area contributed by atoms with Crippen LogP contribution in [0.3, 0.4) is 0 Å².